The summed E-state index contributed by atoms with van der Waals surface area (Å²) < 4.78 is 41.0. The molecule has 0 saturated heterocycles. The van der Waals surface area contributed by atoms with Crippen molar-refractivity contribution in [2.24, 2.45) is 4.99 Å². The average Bonchev–Trinajstić information content (AvgIpc) is 2.65. The molecular weight excluding hydrogens is 496 g/mol. The molecule has 9 heteroatoms. The molecule has 160 valence electrons. The molecular formula is C20H26F3IN4O. The van der Waals surface area contributed by atoms with E-state index in [1.54, 1.807) is 18.3 Å². The number of hydrogen-bond acceptors (Lipinski definition) is 3. The van der Waals surface area contributed by atoms with Crippen LogP contribution in [-0.4, -0.2) is 30.3 Å². The minimum Gasteiger partial charge on any atom is -0.367 e. The van der Waals surface area contributed by atoms with Crippen LogP contribution < -0.4 is 10.6 Å². The van der Waals surface area contributed by atoms with E-state index < -0.39 is 12.8 Å². The lowest BCUT2D eigenvalue weighted by Crippen LogP contribution is -2.37. The number of nitrogens with one attached hydrogen (secondary N) is 2. The van der Waals surface area contributed by atoms with Gasteiger partial charge in [0.05, 0.1) is 25.4 Å². The monoisotopic (exact) mass is 522 g/mol. The highest BCUT2D eigenvalue weighted by Crippen LogP contribution is 2.16. The number of alkyl halides is 3. The molecule has 0 aliphatic carbocycles. The zero-order chi connectivity index (χ0) is 20.4. The molecule has 0 spiro atoms. The number of guanidine groups is 1. The summed E-state index contributed by atoms with van der Waals surface area (Å²) in [6.45, 7) is 4.41. The van der Waals surface area contributed by atoms with Crippen molar-refractivity contribution in [3.8, 4) is 0 Å². The van der Waals surface area contributed by atoms with Crippen molar-refractivity contribution < 1.29 is 17.9 Å². The molecule has 5 nitrogen and oxygen atoms in total. The van der Waals surface area contributed by atoms with Crippen LogP contribution in [0.5, 0.6) is 0 Å². The number of nitrogens with zero attached hydrogens (tertiary/aromatic N) is 2. The summed E-state index contributed by atoms with van der Waals surface area (Å²) in [6.07, 6.45) is -2.55. The number of rotatable bonds is 8. The van der Waals surface area contributed by atoms with Gasteiger partial charge in [-0.25, -0.2) is 4.99 Å². The molecule has 0 atom stereocenters. The van der Waals surface area contributed by atoms with Gasteiger partial charge in [-0.2, -0.15) is 13.2 Å². The summed E-state index contributed by atoms with van der Waals surface area (Å²) in [6, 6.07) is 11.1. The standard InChI is InChI=1S/C20H25F3N4O.HI/c1-3-24-19(27-12-18-15(2)5-4-10-25-18)26-11-16-6-8-17(9-7-16)13-28-14-20(21,22)23;/h4-10H,3,11-14H2,1-2H3,(H2,24,26,27);1H. The van der Waals surface area contributed by atoms with Crippen LogP contribution in [0.1, 0.15) is 29.3 Å². The van der Waals surface area contributed by atoms with Crippen LogP contribution >= 0.6 is 24.0 Å². The Hall–Kier alpha value is -1.88. The molecule has 0 radical (unpaired) electrons. The first-order valence-corrected chi connectivity index (χ1v) is 9.02. The van der Waals surface area contributed by atoms with Crippen molar-refractivity contribution in [3.63, 3.8) is 0 Å². The molecule has 1 aromatic heterocycles. The summed E-state index contributed by atoms with van der Waals surface area (Å²) in [5, 5.41) is 6.43. The molecule has 0 fully saturated rings. The van der Waals surface area contributed by atoms with Gasteiger partial charge < -0.3 is 15.4 Å². The molecule has 2 N–H and O–H groups in total. The van der Waals surface area contributed by atoms with Gasteiger partial charge in [-0.3, -0.25) is 4.98 Å². The van der Waals surface area contributed by atoms with Crippen LogP contribution in [-0.2, 0) is 24.4 Å². The van der Waals surface area contributed by atoms with E-state index in [1.165, 1.54) is 0 Å². The number of pyridine rings is 1. The first-order chi connectivity index (χ1) is 13.4. The van der Waals surface area contributed by atoms with Gasteiger partial charge in [0.2, 0.25) is 0 Å². The van der Waals surface area contributed by atoms with Gasteiger partial charge >= 0.3 is 6.18 Å². The first-order valence-electron chi connectivity index (χ1n) is 9.02. The minimum atomic E-state index is -4.31. The molecule has 1 heterocycles. The largest absolute Gasteiger partial charge is 0.411 e. The number of halogens is 4. The molecule has 0 aliphatic heterocycles. The summed E-state index contributed by atoms with van der Waals surface area (Å²) in [5.41, 5.74) is 3.70. The van der Waals surface area contributed by atoms with Gasteiger partial charge in [-0.05, 0) is 36.6 Å². The van der Waals surface area contributed by atoms with E-state index in [0.29, 0.717) is 24.6 Å². The predicted molar refractivity (Wildman–Crippen MR) is 118 cm³/mol. The van der Waals surface area contributed by atoms with E-state index in [4.69, 9.17) is 0 Å². The van der Waals surface area contributed by atoms with Gasteiger partial charge in [-0.1, -0.05) is 30.3 Å². The molecule has 0 aliphatic rings. The number of hydrogen-bond donors (Lipinski definition) is 2. The molecule has 29 heavy (non-hydrogen) atoms. The zero-order valence-electron chi connectivity index (χ0n) is 16.4. The van der Waals surface area contributed by atoms with Gasteiger partial charge in [0.25, 0.3) is 0 Å². The third kappa shape index (κ3) is 9.93. The number of aliphatic imine (C=N–C) groups is 1. The average molecular weight is 522 g/mol. The second-order valence-electron chi connectivity index (χ2n) is 6.24. The number of aryl methyl sites for hydroxylation is 1. The van der Waals surface area contributed by atoms with E-state index in [-0.39, 0.29) is 30.6 Å². The maximum absolute atomic E-state index is 12.1. The van der Waals surface area contributed by atoms with Crippen molar-refractivity contribution in [3.05, 3.63) is 65.0 Å². The molecule has 0 saturated carbocycles. The molecule has 2 rings (SSSR count). The number of benzene rings is 1. The second-order valence-corrected chi connectivity index (χ2v) is 6.24. The van der Waals surface area contributed by atoms with E-state index in [0.717, 1.165) is 23.4 Å². The fourth-order valence-corrected chi connectivity index (χ4v) is 2.41. The van der Waals surface area contributed by atoms with Crippen LogP contribution in [0.2, 0.25) is 0 Å². The smallest absolute Gasteiger partial charge is 0.367 e. The summed E-state index contributed by atoms with van der Waals surface area (Å²) in [7, 11) is 0. The van der Waals surface area contributed by atoms with Crippen molar-refractivity contribution in [2.75, 3.05) is 13.2 Å². The number of ether oxygens (including phenoxy) is 1. The molecule has 0 unspecified atom stereocenters. The highest BCUT2D eigenvalue weighted by atomic mass is 127. The Bertz CT molecular complexity index is 767. The van der Waals surface area contributed by atoms with Gasteiger partial charge in [0, 0.05) is 12.7 Å². The van der Waals surface area contributed by atoms with Gasteiger partial charge in [0.1, 0.15) is 6.61 Å². The van der Waals surface area contributed by atoms with E-state index in [1.807, 2.05) is 38.1 Å². The Morgan fingerprint density at radius 2 is 1.79 bits per heavy atom. The number of aromatic nitrogens is 1. The summed E-state index contributed by atoms with van der Waals surface area (Å²) >= 11 is 0. The fraction of sp³-hybridized carbons (Fsp3) is 0.400. The van der Waals surface area contributed by atoms with Gasteiger partial charge in [0.15, 0.2) is 5.96 Å². The Balaban J connectivity index is 0.00000420. The molecule has 2 aromatic rings. The molecule has 0 amide bonds. The topological polar surface area (TPSA) is 58.5 Å². The summed E-state index contributed by atoms with van der Waals surface area (Å²) in [4.78, 5) is 8.89. The Morgan fingerprint density at radius 3 is 2.41 bits per heavy atom. The third-order valence-electron chi connectivity index (χ3n) is 3.86. The van der Waals surface area contributed by atoms with Crippen molar-refractivity contribution >= 4 is 29.9 Å². The van der Waals surface area contributed by atoms with Crippen LogP contribution in [0.4, 0.5) is 13.2 Å². The van der Waals surface area contributed by atoms with Crippen molar-refractivity contribution in [2.45, 2.75) is 39.7 Å². The lowest BCUT2D eigenvalue weighted by molar-refractivity contribution is -0.176. The van der Waals surface area contributed by atoms with Crippen LogP contribution in [0.25, 0.3) is 0 Å². The van der Waals surface area contributed by atoms with Crippen LogP contribution in [0.3, 0.4) is 0 Å². The lowest BCUT2D eigenvalue weighted by atomic mass is 10.1. The fourth-order valence-electron chi connectivity index (χ4n) is 2.41. The van der Waals surface area contributed by atoms with Crippen molar-refractivity contribution in [1.29, 1.82) is 0 Å². The minimum absolute atomic E-state index is 0. The Labute approximate surface area is 186 Å². The van der Waals surface area contributed by atoms with Crippen LogP contribution in [0.15, 0.2) is 47.6 Å². The maximum atomic E-state index is 12.1. The maximum Gasteiger partial charge on any atom is 0.411 e. The van der Waals surface area contributed by atoms with E-state index in [9.17, 15) is 13.2 Å². The van der Waals surface area contributed by atoms with E-state index >= 15 is 0 Å². The normalized spacial score (nSPS) is 11.7. The third-order valence-corrected chi connectivity index (χ3v) is 3.86. The Morgan fingerprint density at radius 1 is 1.10 bits per heavy atom. The highest BCUT2D eigenvalue weighted by molar-refractivity contribution is 14.0. The quantitative estimate of drug-likeness (QED) is 0.308. The summed E-state index contributed by atoms with van der Waals surface area (Å²) in [5.74, 6) is 0.671. The zero-order valence-corrected chi connectivity index (χ0v) is 18.8. The lowest BCUT2D eigenvalue weighted by Gasteiger charge is -2.12. The highest BCUT2D eigenvalue weighted by Gasteiger charge is 2.27. The molecule has 1 aromatic carbocycles. The predicted octanol–water partition coefficient (Wildman–Crippen LogP) is 4.34. The van der Waals surface area contributed by atoms with Crippen molar-refractivity contribution in [1.82, 2.24) is 15.6 Å². The molecule has 0 bridgehead atoms. The Kier molecular flexibility index (Phi) is 11.0. The van der Waals surface area contributed by atoms with E-state index in [2.05, 4.69) is 25.3 Å². The SMILES string of the molecule is CCNC(=NCc1ccc(COCC(F)(F)F)cc1)NCc1ncccc1C.I. The van der Waals surface area contributed by atoms with Gasteiger partial charge in [-0.15, -0.1) is 24.0 Å². The second kappa shape index (κ2) is 12.6. The first kappa shape index (κ1) is 25.2. The van der Waals surface area contributed by atoms with Crippen LogP contribution in [0, 0.1) is 6.92 Å².